The number of nitrogens with one attached hydrogen (secondary N) is 2. The number of carbonyl (C=O) groups is 3. The molecule has 0 spiro atoms. The highest BCUT2D eigenvalue weighted by Crippen LogP contribution is 2.39. The maximum atomic E-state index is 16.2. The fourth-order valence-electron chi connectivity index (χ4n) is 12.2. The first-order valence-electron chi connectivity index (χ1n) is 26.0. The van der Waals surface area contributed by atoms with Crippen LogP contribution in [0, 0.1) is 18.7 Å². The molecule has 2 aromatic carbocycles. The lowest BCUT2D eigenvalue weighted by Gasteiger charge is -2.42. The van der Waals surface area contributed by atoms with Crippen LogP contribution >= 0.6 is 0 Å². The highest BCUT2D eigenvalue weighted by atomic mass is 19.1. The summed E-state index contributed by atoms with van der Waals surface area (Å²) in [6.45, 7) is 13.8. The summed E-state index contributed by atoms with van der Waals surface area (Å²) in [7, 11) is 3.93. The van der Waals surface area contributed by atoms with Crippen molar-refractivity contribution in [1.82, 2.24) is 48.6 Å². The van der Waals surface area contributed by atoms with Crippen molar-refractivity contribution in [3.63, 3.8) is 0 Å². The molecule has 4 fully saturated rings. The number of hydrogen-bond donors (Lipinski definition) is 2. The number of imidazole rings is 1. The van der Waals surface area contributed by atoms with Gasteiger partial charge in [0.2, 0.25) is 11.8 Å². The van der Waals surface area contributed by atoms with E-state index in [1.807, 2.05) is 60.1 Å². The molecule has 72 heavy (non-hydrogen) atoms. The van der Waals surface area contributed by atoms with Gasteiger partial charge in [-0.1, -0.05) is 12.1 Å². The number of nitrogens with zero attached hydrogens (tertiary/aromatic N) is 9. The molecule has 5 aliphatic rings. The number of anilines is 1. The second-order valence-corrected chi connectivity index (χ2v) is 21.1. The van der Waals surface area contributed by atoms with E-state index in [9.17, 15) is 19.2 Å². The molecule has 376 valence electrons. The number of aromatic nitrogens is 5. The number of amides is 3. The highest BCUT2D eigenvalue weighted by molar-refractivity contribution is 6.00. The number of fused-ring (bicyclic) bond motifs is 2. The molecular formula is C56H66FN11O4. The fourth-order valence-corrected chi connectivity index (χ4v) is 12.2. The van der Waals surface area contributed by atoms with Gasteiger partial charge in [-0.2, -0.15) is 0 Å². The Labute approximate surface area is 419 Å². The summed E-state index contributed by atoms with van der Waals surface area (Å²) >= 11 is 0. The van der Waals surface area contributed by atoms with E-state index in [2.05, 4.69) is 86.1 Å². The van der Waals surface area contributed by atoms with Crippen molar-refractivity contribution in [2.24, 2.45) is 13.0 Å². The normalized spacial score (nSPS) is 21.4. The van der Waals surface area contributed by atoms with Crippen molar-refractivity contribution in [3.05, 3.63) is 117 Å². The number of pyridine rings is 2. The summed E-state index contributed by atoms with van der Waals surface area (Å²) in [4.78, 5) is 71.0. The molecule has 16 heteroatoms. The summed E-state index contributed by atoms with van der Waals surface area (Å²) in [5, 5.41) is 6.59. The Morgan fingerprint density at radius 1 is 0.903 bits per heavy atom. The molecule has 1 unspecified atom stereocenters. The summed E-state index contributed by atoms with van der Waals surface area (Å²) < 4.78 is 21.8. The number of halogens is 1. The molecule has 8 heterocycles. The van der Waals surface area contributed by atoms with Crippen LogP contribution in [-0.2, 0) is 23.2 Å². The van der Waals surface area contributed by atoms with Crippen LogP contribution in [0.3, 0.4) is 0 Å². The first-order valence-corrected chi connectivity index (χ1v) is 26.0. The Kier molecular flexibility index (Phi) is 13.0. The maximum absolute atomic E-state index is 16.2. The third kappa shape index (κ3) is 9.06. The van der Waals surface area contributed by atoms with E-state index in [4.69, 9.17) is 4.98 Å². The lowest BCUT2D eigenvalue weighted by molar-refractivity contribution is -0.135. The second kappa shape index (κ2) is 19.5. The molecule has 4 aliphatic heterocycles. The predicted molar refractivity (Wildman–Crippen MR) is 278 cm³/mol. The molecule has 6 aromatic rings. The van der Waals surface area contributed by atoms with Crippen LogP contribution in [0.2, 0.25) is 0 Å². The van der Waals surface area contributed by atoms with Crippen LogP contribution in [0.1, 0.15) is 110 Å². The Hall–Kier alpha value is -6.49. The molecule has 1 aliphatic carbocycles. The minimum absolute atomic E-state index is 0.0969. The number of hydrogen-bond acceptors (Lipinski definition) is 10. The van der Waals surface area contributed by atoms with Gasteiger partial charge in [0, 0.05) is 138 Å². The standard InChI is InChI=1S/C56H66FN11O4/c1-34-26-41(28-45(57)52(34)39-17-22-64(23-18-39)36(3)48-29-44-43(14-19-59-53(44)62(48)5)40-7-12-50(58-4)60-30-40)55(71)65-20-15-37(16-21-65)33-66-25-24-63(31-35(66)2)32-38-6-10-46-49(27-38)67(42-8-9-42)56(72)68(46)47-11-13-51(69)61-54(47)70/h6-7,10,12,14,17,19,26-30,35-37,42,47H,8-9,11,13,15-16,18,20-25,31-33H2,1-5H3,(H,58,60)(H,61,69,70)/t35-,36-,47?/m0/s1. The van der Waals surface area contributed by atoms with Gasteiger partial charge in [0.1, 0.15) is 23.3 Å². The molecular weight excluding hydrogens is 910 g/mol. The van der Waals surface area contributed by atoms with Gasteiger partial charge in [-0.25, -0.2) is 19.2 Å². The first kappa shape index (κ1) is 47.8. The van der Waals surface area contributed by atoms with Crippen LogP contribution in [0.5, 0.6) is 0 Å². The average Bonchev–Trinajstić information content (AvgIpc) is 4.10. The van der Waals surface area contributed by atoms with Crippen molar-refractivity contribution in [3.8, 4) is 11.1 Å². The largest absolute Gasteiger partial charge is 0.373 e. The van der Waals surface area contributed by atoms with Gasteiger partial charge in [-0.15, -0.1) is 0 Å². The van der Waals surface area contributed by atoms with E-state index in [0.29, 0.717) is 55.6 Å². The van der Waals surface area contributed by atoms with Gasteiger partial charge < -0.3 is 14.8 Å². The monoisotopic (exact) mass is 976 g/mol. The molecule has 3 atom stereocenters. The molecule has 4 aromatic heterocycles. The Balaban J connectivity index is 0.676. The van der Waals surface area contributed by atoms with Gasteiger partial charge in [0.05, 0.1) is 11.0 Å². The number of aryl methyl sites for hydroxylation is 2. The van der Waals surface area contributed by atoms with Gasteiger partial charge >= 0.3 is 5.69 Å². The number of imide groups is 1. The van der Waals surface area contributed by atoms with Crippen LogP contribution in [0.4, 0.5) is 10.2 Å². The molecule has 1 saturated carbocycles. The summed E-state index contributed by atoms with van der Waals surface area (Å²) in [5.41, 5.74) is 9.62. The number of rotatable bonds is 12. The zero-order valence-electron chi connectivity index (χ0n) is 42.2. The van der Waals surface area contributed by atoms with Crippen LogP contribution in [0.15, 0.2) is 77.9 Å². The Bertz CT molecular complexity index is 3160. The zero-order valence-corrected chi connectivity index (χ0v) is 42.2. The summed E-state index contributed by atoms with van der Waals surface area (Å²) in [6, 6.07) is 17.8. The lowest BCUT2D eigenvalue weighted by Crippen LogP contribution is -2.53. The molecule has 0 radical (unpaired) electrons. The van der Waals surface area contributed by atoms with E-state index >= 15 is 4.39 Å². The number of benzene rings is 2. The Morgan fingerprint density at radius 3 is 2.42 bits per heavy atom. The second-order valence-electron chi connectivity index (χ2n) is 21.1. The number of piperidine rings is 2. The minimum atomic E-state index is -0.686. The van der Waals surface area contributed by atoms with Crippen molar-refractivity contribution < 1.29 is 18.8 Å². The number of likely N-dealkylation sites (tertiary alicyclic amines) is 1. The minimum Gasteiger partial charge on any atom is -0.373 e. The van der Waals surface area contributed by atoms with Gasteiger partial charge in [0.25, 0.3) is 5.91 Å². The average molecular weight is 976 g/mol. The van der Waals surface area contributed by atoms with Crippen LogP contribution < -0.4 is 16.3 Å². The van der Waals surface area contributed by atoms with Crippen LogP contribution in [-0.4, -0.2) is 126 Å². The molecule has 2 N–H and O–H groups in total. The van der Waals surface area contributed by atoms with E-state index in [1.54, 1.807) is 4.57 Å². The van der Waals surface area contributed by atoms with Crippen molar-refractivity contribution >= 4 is 51.2 Å². The third-order valence-corrected chi connectivity index (χ3v) is 16.4. The van der Waals surface area contributed by atoms with Gasteiger partial charge in [0.15, 0.2) is 0 Å². The summed E-state index contributed by atoms with van der Waals surface area (Å²) in [6.07, 6.45) is 10.9. The van der Waals surface area contributed by atoms with Gasteiger partial charge in [-0.05, 0) is 136 Å². The topological polar surface area (TPSA) is 146 Å². The smallest absolute Gasteiger partial charge is 0.330 e. The molecule has 15 nitrogen and oxygen atoms in total. The third-order valence-electron chi connectivity index (χ3n) is 16.4. The SMILES string of the molecule is CNc1ccc(-c2ccnc3c2cc([C@H](C)N2CC=C(c4c(C)cc(C(=O)N5CCC(CN6CCN(Cc7ccc8c(c7)n(C7CC7)c(=O)n8C7CCC(=O)NC7=O)C[C@@H]6C)CC5)cc4F)CC2)n3C)cn1. The zero-order chi connectivity index (χ0) is 49.9. The Morgan fingerprint density at radius 2 is 1.72 bits per heavy atom. The maximum Gasteiger partial charge on any atom is 0.330 e. The summed E-state index contributed by atoms with van der Waals surface area (Å²) in [5.74, 6) is 0.175. The van der Waals surface area contributed by atoms with E-state index in [-0.39, 0.29) is 41.8 Å². The molecule has 3 saturated heterocycles. The van der Waals surface area contributed by atoms with E-state index < -0.39 is 11.9 Å². The predicted octanol–water partition coefficient (Wildman–Crippen LogP) is 7.46. The van der Waals surface area contributed by atoms with Crippen molar-refractivity contribution in [1.29, 1.82) is 0 Å². The fraction of sp³-hybridized carbons (Fsp3) is 0.464. The number of piperazine rings is 1. The molecule has 11 rings (SSSR count). The van der Waals surface area contributed by atoms with Gasteiger partial charge in [-0.3, -0.25) is 43.5 Å². The molecule has 0 bridgehead atoms. The quantitative estimate of drug-likeness (QED) is 0.119. The molecule has 3 amide bonds. The van der Waals surface area contributed by atoms with Crippen LogP contribution in [0.25, 0.3) is 38.8 Å². The van der Waals surface area contributed by atoms with Crippen molar-refractivity contribution in [2.75, 3.05) is 64.7 Å². The highest BCUT2D eigenvalue weighted by Gasteiger charge is 2.36. The number of carbonyl (C=O) groups excluding carboxylic acids is 3. The van der Waals surface area contributed by atoms with Crippen molar-refractivity contribution in [2.45, 2.75) is 96.4 Å². The van der Waals surface area contributed by atoms with E-state index in [0.717, 1.165) is 126 Å². The first-order chi connectivity index (χ1) is 34.8. The lowest BCUT2D eigenvalue weighted by atomic mass is 9.92. The van der Waals surface area contributed by atoms with E-state index in [1.165, 1.54) is 6.07 Å².